The normalized spacial score (nSPS) is 11.3. The van der Waals surface area contributed by atoms with Crippen molar-refractivity contribution in [3.05, 3.63) is 219 Å². The molecule has 4 aromatic heterocycles. The Morgan fingerprint density at radius 2 is 0.667 bits per heavy atom. The fraction of sp³-hybridized carbons (Fsp3) is 0. The van der Waals surface area contributed by atoms with Crippen LogP contribution in [0.15, 0.2) is 219 Å². The molecule has 0 bridgehead atoms. The van der Waals surface area contributed by atoms with Crippen LogP contribution < -0.4 is 0 Å². The van der Waals surface area contributed by atoms with Crippen molar-refractivity contribution in [3.63, 3.8) is 0 Å². The van der Waals surface area contributed by atoms with Crippen molar-refractivity contribution in [2.24, 2.45) is 0 Å². The molecule has 0 aliphatic carbocycles. The molecule has 4 heteroatoms. The summed E-state index contributed by atoms with van der Waals surface area (Å²) in [5, 5.41) is 4.45. The van der Waals surface area contributed by atoms with Crippen LogP contribution in [0.3, 0.4) is 0 Å². The van der Waals surface area contributed by atoms with E-state index in [2.05, 4.69) is 174 Å². The molecule has 0 unspecified atom stereocenters. The largest absolute Gasteiger partial charge is 0.256 e. The van der Waals surface area contributed by atoms with E-state index >= 15 is 0 Å². The molecule has 0 N–H and O–H groups in total. The van der Waals surface area contributed by atoms with Crippen molar-refractivity contribution in [1.29, 1.82) is 0 Å². The van der Waals surface area contributed by atoms with Crippen LogP contribution in [0.4, 0.5) is 0 Å². The Labute approximate surface area is 348 Å². The molecule has 60 heavy (non-hydrogen) atoms. The highest BCUT2D eigenvalue weighted by Gasteiger charge is 2.18. The lowest BCUT2D eigenvalue weighted by Crippen LogP contribution is -1.96. The van der Waals surface area contributed by atoms with Gasteiger partial charge in [0.15, 0.2) is 0 Å². The van der Waals surface area contributed by atoms with Gasteiger partial charge in [0.2, 0.25) is 0 Å². The Morgan fingerprint density at radius 1 is 0.250 bits per heavy atom. The lowest BCUT2D eigenvalue weighted by atomic mass is 9.92. The van der Waals surface area contributed by atoms with E-state index in [1.165, 1.54) is 16.3 Å². The van der Waals surface area contributed by atoms with Crippen LogP contribution in [0.25, 0.3) is 111 Å². The molecule has 4 heterocycles. The molecule has 0 radical (unpaired) electrons. The van der Waals surface area contributed by atoms with Crippen LogP contribution in [0, 0.1) is 0 Å². The molecule has 0 atom stereocenters. The summed E-state index contributed by atoms with van der Waals surface area (Å²) < 4.78 is 0. The van der Waals surface area contributed by atoms with E-state index in [-0.39, 0.29) is 0 Å². The number of fused-ring (bicyclic) bond motifs is 4. The van der Waals surface area contributed by atoms with Crippen molar-refractivity contribution < 1.29 is 0 Å². The highest BCUT2D eigenvalue weighted by molar-refractivity contribution is 6.13. The average Bonchev–Trinajstić information content (AvgIpc) is 3.34. The highest BCUT2D eigenvalue weighted by atomic mass is 14.8. The molecule has 280 valence electrons. The van der Waals surface area contributed by atoms with Gasteiger partial charge < -0.3 is 0 Å². The smallest absolute Gasteiger partial charge is 0.0978 e. The maximum atomic E-state index is 5.53. The second-order valence-electron chi connectivity index (χ2n) is 15.1. The predicted molar refractivity (Wildman–Crippen MR) is 248 cm³/mol. The van der Waals surface area contributed by atoms with Gasteiger partial charge >= 0.3 is 0 Å². The predicted octanol–water partition coefficient (Wildman–Crippen LogP) is 14.4. The van der Waals surface area contributed by atoms with Crippen LogP contribution in [-0.4, -0.2) is 19.9 Å². The molecule has 0 amide bonds. The van der Waals surface area contributed by atoms with Gasteiger partial charge in [-0.3, -0.25) is 9.97 Å². The van der Waals surface area contributed by atoms with Gasteiger partial charge in [0.05, 0.1) is 33.8 Å². The Hall–Kier alpha value is -8.08. The van der Waals surface area contributed by atoms with E-state index in [9.17, 15) is 0 Å². The number of aromatic nitrogens is 4. The zero-order chi connectivity index (χ0) is 39.8. The van der Waals surface area contributed by atoms with Crippen molar-refractivity contribution in [1.82, 2.24) is 19.9 Å². The van der Waals surface area contributed by atoms with E-state index in [1.54, 1.807) is 0 Å². The van der Waals surface area contributed by atoms with E-state index < -0.39 is 0 Å². The first-order valence-corrected chi connectivity index (χ1v) is 20.2. The Kier molecular flexibility index (Phi) is 8.79. The molecule has 11 rings (SSSR count). The SMILES string of the molecule is c1ccc(-c2ccc(-c3cc(-c4ccc(-c5ccccn5)cc4)c4ccc5c(-c6ccc(-c7ccccn7)cc6)cc(-c6ccc7ccccc7c6)nc5c4n3)cc2)cc1. The molecule has 0 saturated carbocycles. The lowest BCUT2D eigenvalue weighted by molar-refractivity contribution is 1.33. The molecule has 11 aromatic rings. The first-order chi connectivity index (χ1) is 29.7. The van der Waals surface area contributed by atoms with Crippen LogP contribution >= 0.6 is 0 Å². The fourth-order valence-electron chi connectivity index (χ4n) is 8.27. The van der Waals surface area contributed by atoms with Crippen LogP contribution in [0.5, 0.6) is 0 Å². The average molecular weight is 765 g/mol. The molecule has 0 spiro atoms. The second-order valence-corrected chi connectivity index (χ2v) is 15.1. The third-order valence-corrected chi connectivity index (χ3v) is 11.4. The van der Waals surface area contributed by atoms with Crippen molar-refractivity contribution in [3.8, 4) is 78.4 Å². The maximum Gasteiger partial charge on any atom is 0.0978 e. The molecule has 7 aromatic carbocycles. The van der Waals surface area contributed by atoms with Gasteiger partial charge in [-0.25, -0.2) is 9.97 Å². The summed E-state index contributed by atoms with van der Waals surface area (Å²) >= 11 is 0. The summed E-state index contributed by atoms with van der Waals surface area (Å²) in [6.07, 6.45) is 3.67. The zero-order valence-corrected chi connectivity index (χ0v) is 32.6. The van der Waals surface area contributed by atoms with Crippen molar-refractivity contribution in [2.45, 2.75) is 0 Å². The summed E-state index contributed by atoms with van der Waals surface area (Å²) in [5.74, 6) is 0. The van der Waals surface area contributed by atoms with E-state index in [0.717, 1.165) is 94.7 Å². The van der Waals surface area contributed by atoms with E-state index in [1.807, 2.05) is 54.9 Å². The third kappa shape index (κ3) is 6.56. The number of rotatable bonds is 7. The van der Waals surface area contributed by atoms with Crippen LogP contribution in [0.1, 0.15) is 0 Å². The van der Waals surface area contributed by atoms with E-state index in [4.69, 9.17) is 9.97 Å². The van der Waals surface area contributed by atoms with E-state index in [0.29, 0.717) is 0 Å². The Morgan fingerprint density at radius 3 is 1.20 bits per heavy atom. The molecule has 0 saturated heterocycles. The molecule has 4 nitrogen and oxygen atoms in total. The monoisotopic (exact) mass is 764 g/mol. The van der Waals surface area contributed by atoms with Crippen LogP contribution in [-0.2, 0) is 0 Å². The Balaban J connectivity index is 1.15. The second kappa shape index (κ2) is 15.0. The number of hydrogen-bond donors (Lipinski definition) is 0. The van der Waals surface area contributed by atoms with Gasteiger partial charge in [0.25, 0.3) is 0 Å². The first kappa shape index (κ1) is 35.1. The minimum atomic E-state index is 0.856. The fourth-order valence-corrected chi connectivity index (χ4v) is 8.27. The van der Waals surface area contributed by atoms with Gasteiger partial charge in [0.1, 0.15) is 0 Å². The minimum Gasteiger partial charge on any atom is -0.256 e. The number of benzene rings is 7. The summed E-state index contributed by atoms with van der Waals surface area (Å²) in [6.45, 7) is 0. The number of nitrogens with zero attached hydrogens (tertiary/aromatic N) is 4. The van der Waals surface area contributed by atoms with Crippen molar-refractivity contribution >= 4 is 32.6 Å². The summed E-state index contributed by atoms with van der Waals surface area (Å²) in [4.78, 5) is 20.2. The first-order valence-electron chi connectivity index (χ1n) is 20.2. The van der Waals surface area contributed by atoms with Gasteiger partial charge in [-0.15, -0.1) is 0 Å². The summed E-state index contributed by atoms with van der Waals surface area (Å²) in [6, 6.07) is 72.6. The maximum absolute atomic E-state index is 5.53. The highest BCUT2D eigenvalue weighted by Crippen LogP contribution is 2.41. The van der Waals surface area contributed by atoms with Gasteiger partial charge in [-0.2, -0.15) is 0 Å². The van der Waals surface area contributed by atoms with Gasteiger partial charge in [-0.1, -0.05) is 164 Å². The summed E-state index contributed by atoms with van der Waals surface area (Å²) in [7, 11) is 0. The quantitative estimate of drug-likeness (QED) is 0.152. The third-order valence-electron chi connectivity index (χ3n) is 11.4. The summed E-state index contributed by atoms with van der Waals surface area (Å²) in [5.41, 5.74) is 16.3. The molecular formula is C56H36N4. The Bertz CT molecular complexity index is 3310. The minimum absolute atomic E-state index is 0.856. The molecule has 0 aliphatic heterocycles. The van der Waals surface area contributed by atoms with Crippen LogP contribution in [0.2, 0.25) is 0 Å². The van der Waals surface area contributed by atoms with Gasteiger partial charge in [0, 0.05) is 45.4 Å². The topological polar surface area (TPSA) is 51.6 Å². The van der Waals surface area contributed by atoms with Gasteiger partial charge in [-0.05, 0) is 86.6 Å². The lowest BCUT2D eigenvalue weighted by Gasteiger charge is -2.16. The zero-order valence-electron chi connectivity index (χ0n) is 32.6. The molecular weight excluding hydrogens is 729 g/mol. The number of pyridine rings is 4. The standard InChI is InChI=1S/C56H36N4/c1-2-10-37(11-3-1)39-16-23-44(24-17-39)53-35-49(40-19-25-42(26-20-40)51-14-6-8-32-57-51)47-30-31-48-50(41-21-27-43(28-22-41)52-15-7-9-33-58-52)36-54(60-56(48)55(47)59-53)46-29-18-38-12-4-5-13-45(38)34-46/h1-36H. The van der Waals surface area contributed by atoms with Crippen molar-refractivity contribution in [2.75, 3.05) is 0 Å². The molecule has 0 aliphatic rings. The molecule has 0 fully saturated rings. The number of hydrogen-bond acceptors (Lipinski definition) is 4.